The summed E-state index contributed by atoms with van der Waals surface area (Å²) in [4.78, 5) is 15.9. The third-order valence-corrected chi connectivity index (χ3v) is 2.97. The number of Topliss-reactive ketones (excluding diaryl/α,β-unsaturated/α-hetero) is 1. The molecule has 0 radical (unpaired) electrons. The monoisotopic (exact) mass is 269 g/mol. The van der Waals surface area contributed by atoms with E-state index in [1.54, 1.807) is 6.92 Å². The van der Waals surface area contributed by atoms with E-state index < -0.39 is 0 Å². The smallest absolute Gasteiger partial charge is 0.161 e. The molecule has 20 heavy (non-hydrogen) atoms. The van der Waals surface area contributed by atoms with E-state index in [9.17, 15) is 4.79 Å². The minimum Gasteiger partial charge on any atom is -0.491 e. The molecule has 2 aromatic rings. The minimum absolute atomic E-state index is 0.0402. The maximum atomic E-state index is 11.4. The van der Waals surface area contributed by atoms with Crippen LogP contribution in [0.4, 0.5) is 0 Å². The van der Waals surface area contributed by atoms with Gasteiger partial charge in [0.1, 0.15) is 5.75 Å². The van der Waals surface area contributed by atoms with E-state index in [0.717, 1.165) is 22.7 Å². The summed E-state index contributed by atoms with van der Waals surface area (Å²) >= 11 is 0. The van der Waals surface area contributed by atoms with Gasteiger partial charge in [0, 0.05) is 16.8 Å². The second-order valence-electron chi connectivity index (χ2n) is 5.08. The van der Waals surface area contributed by atoms with Gasteiger partial charge in [0.15, 0.2) is 5.78 Å². The van der Waals surface area contributed by atoms with Gasteiger partial charge in [-0.1, -0.05) is 12.1 Å². The molecule has 0 amide bonds. The van der Waals surface area contributed by atoms with Crippen molar-refractivity contribution in [3.8, 4) is 17.0 Å². The molecule has 0 saturated carbocycles. The Kier molecular flexibility index (Phi) is 4.18. The summed E-state index contributed by atoms with van der Waals surface area (Å²) in [6, 6.07) is 11.5. The SMILES string of the molecule is CC(=O)c1ccc(-c2cccc(OC(C)C)c2)nc1C. The number of benzene rings is 1. The maximum Gasteiger partial charge on any atom is 0.161 e. The Morgan fingerprint density at radius 3 is 2.55 bits per heavy atom. The zero-order valence-corrected chi connectivity index (χ0v) is 12.3. The number of carbonyl (C=O) groups is 1. The molecule has 2 rings (SSSR count). The van der Waals surface area contributed by atoms with Crippen LogP contribution in [0.3, 0.4) is 0 Å². The van der Waals surface area contributed by atoms with E-state index >= 15 is 0 Å². The predicted molar refractivity (Wildman–Crippen MR) is 80.2 cm³/mol. The Bertz CT molecular complexity index is 633. The molecule has 0 fully saturated rings. The molecule has 0 bridgehead atoms. The zero-order chi connectivity index (χ0) is 14.7. The largest absolute Gasteiger partial charge is 0.491 e. The number of aryl methyl sites for hydroxylation is 1. The van der Waals surface area contributed by atoms with Crippen LogP contribution in [-0.4, -0.2) is 16.9 Å². The van der Waals surface area contributed by atoms with Crippen molar-refractivity contribution in [3.63, 3.8) is 0 Å². The van der Waals surface area contributed by atoms with Gasteiger partial charge in [-0.2, -0.15) is 0 Å². The molecule has 0 atom stereocenters. The average Bonchev–Trinajstić information content (AvgIpc) is 2.37. The number of hydrogen-bond acceptors (Lipinski definition) is 3. The molecule has 0 aliphatic heterocycles. The summed E-state index contributed by atoms with van der Waals surface area (Å²) < 4.78 is 5.69. The third kappa shape index (κ3) is 3.23. The molecule has 0 N–H and O–H groups in total. The van der Waals surface area contributed by atoms with Gasteiger partial charge in [-0.15, -0.1) is 0 Å². The molecule has 0 aliphatic rings. The first kappa shape index (κ1) is 14.3. The van der Waals surface area contributed by atoms with Gasteiger partial charge in [-0.05, 0) is 52.0 Å². The van der Waals surface area contributed by atoms with Gasteiger partial charge in [-0.25, -0.2) is 0 Å². The normalized spacial score (nSPS) is 10.7. The van der Waals surface area contributed by atoms with E-state index in [4.69, 9.17) is 4.74 Å². The summed E-state index contributed by atoms with van der Waals surface area (Å²) in [7, 11) is 0. The summed E-state index contributed by atoms with van der Waals surface area (Å²) in [5.74, 6) is 0.867. The molecule has 0 unspecified atom stereocenters. The molecular formula is C17H19NO2. The van der Waals surface area contributed by atoms with Crippen LogP contribution in [0.1, 0.15) is 36.8 Å². The first-order chi connectivity index (χ1) is 9.47. The van der Waals surface area contributed by atoms with Crippen LogP contribution in [0.15, 0.2) is 36.4 Å². The Balaban J connectivity index is 2.36. The van der Waals surface area contributed by atoms with Crippen LogP contribution in [0.25, 0.3) is 11.3 Å². The fraction of sp³-hybridized carbons (Fsp3) is 0.294. The van der Waals surface area contributed by atoms with Crippen molar-refractivity contribution < 1.29 is 9.53 Å². The number of aromatic nitrogens is 1. The van der Waals surface area contributed by atoms with E-state index in [1.165, 1.54) is 0 Å². The highest BCUT2D eigenvalue weighted by Crippen LogP contribution is 2.24. The quantitative estimate of drug-likeness (QED) is 0.786. The standard InChI is InChI=1S/C17H19NO2/c1-11(2)20-15-7-5-6-14(10-15)17-9-8-16(13(4)19)12(3)18-17/h5-11H,1-4H3. The number of pyridine rings is 1. The Labute approximate surface area is 119 Å². The summed E-state index contributed by atoms with van der Waals surface area (Å²) in [5, 5.41) is 0. The number of ether oxygens (including phenoxy) is 1. The zero-order valence-electron chi connectivity index (χ0n) is 12.3. The summed E-state index contributed by atoms with van der Waals surface area (Å²) in [6.07, 6.45) is 0.139. The number of nitrogens with zero attached hydrogens (tertiary/aromatic N) is 1. The Morgan fingerprint density at radius 1 is 1.20 bits per heavy atom. The molecule has 104 valence electrons. The molecule has 1 aromatic carbocycles. The van der Waals surface area contributed by atoms with Crippen molar-refractivity contribution in [2.75, 3.05) is 0 Å². The highest BCUT2D eigenvalue weighted by atomic mass is 16.5. The van der Waals surface area contributed by atoms with Gasteiger partial charge in [0.25, 0.3) is 0 Å². The first-order valence-corrected chi connectivity index (χ1v) is 6.73. The molecule has 3 nitrogen and oxygen atoms in total. The van der Waals surface area contributed by atoms with Gasteiger partial charge < -0.3 is 4.74 Å². The van der Waals surface area contributed by atoms with Crippen molar-refractivity contribution in [3.05, 3.63) is 47.7 Å². The van der Waals surface area contributed by atoms with Crippen LogP contribution < -0.4 is 4.74 Å². The van der Waals surface area contributed by atoms with E-state index in [0.29, 0.717) is 5.56 Å². The molecular weight excluding hydrogens is 250 g/mol. The lowest BCUT2D eigenvalue weighted by Gasteiger charge is -2.11. The summed E-state index contributed by atoms with van der Waals surface area (Å²) in [5.41, 5.74) is 3.26. The van der Waals surface area contributed by atoms with Gasteiger partial charge >= 0.3 is 0 Å². The average molecular weight is 269 g/mol. The maximum absolute atomic E-state index is 11.4. The number of ketones is 1. The summed E-state index contributed by atoms with van der Waals surface area (Å²) in [6.45, 7) is 7.41. The second kappa shape index (κ2) is 5.87. The molecule has 0 saturated heterocycles. The molecule has 0 spiro atoms. The van der Waals surface area contributed by atoms with Crippen LogP contribution in [-0.2, 0) is 0 Å². The highest BCUT2D eigenvalue weighted by molar-refractivity contribution is 5.95. The number of rotatable bonds is 4. The van der Waals surface area contributed by atoms with Crippen molar-refractivity contribution in [2.24, 2.45) is 0 Å². The van der Waals surface area contributed by atoms with Gasteiger partial charge in [-0.3, -0.25) is 9.78 Å². The fourth-order valence-electron chi connectivity index (χ4n) is 2.09. The van der Waals surface area contributed by atoms with Crippen LogP contribution in [0.2, 0.25) is 0 Å². The van der Waals surface area contributed by atoms with Crippen LogP contribution in [0, 0.1) is 6.92 Å². The van der Waals surface area contributed by atoms with Crippen molar-refractivity contribution >= 4 is 5.78 Å². The van der Waals surface area contributed by atoms with E-state index in [1.807, 2.05) is 57.2 Å². The Hall–Kier alpha value is -2.16. The predicted octanol–water partition coefficient (Wildman–Crippen LogP) is 4.05. The highest BCUT2D eigenvalue weighted by Gasteiger charge is 2.08. The topological polar surface area (TPSA) is 39.2 Å². The number of carbonyl (C=O) groups excluding carboxylic acids is 1. The van der Waals surface area contributed by atoms with E-state index in [2.05, 4.69) is 4.98 Å². The molecule has 1 aromatic heterocycles. The fourth-order valence-corrected chi connectivity index (χ4v) is 2.09. The second-order valence-corrected chi connectivity index (χ2v) is 5.08. The lowest BCUT2D eigenvalue weighted by molar-refractivity contribution is 0.101. The first-order valence-electron chi connectivity index (χ1n) is 6.73. The molecule has 3 heteroatoms. The third-order valence-electron chi connectivity index (χ3n) is 2.97. The van der Waals surface area contributed by atoms with Crippen molar-refractivity contribution in [1.29, 1.82) is 0 Å². The molecule has 1 heterocycles. The van der Waals surface area contributed by atoms with Gasteiger partial charge in [0.05, 0.1) is 11.8 Å². The van der Waals surface area contributed by atoms with Crippen molar-refractivity contribution in [1.82, 2.24) is 4.98 Å². The lowest BCUT2D eigenvalue weighted by atomic mass is 10.1. The number of hydrogen-bond donors (Lipinski definition) is 0. The minimum atomic E-state index is 0.0402. The van der Waals surface area contributed by atoms with Crippen LogP contribution >= 0.6 is 0 Å². The van der Waals surface area contributed by atoms with Crippen molar-refractivity contribution in [2.45, 2.75) is 33.8 Å². The van der Waals surface area contributed by atoms with Crippen LogP contribution in [0.5, 0.6) is 5.75 Å². The Morgan fingerprint density at radius 2 is 1.95 bits per heavy atom. The lowest BCUT2D eigenvalue weighted by Crippen LogP contribution is -2.05. The molecule has 0 aliphatic carbocycles. The van der Waals surface area contributed by atoms with E-state index in [-0.39, 0.29) is 11.9 Å². The van der Waals surface area contributed by atoms with Gasteiger partial charge in [0.2, 0.25) is 0 Å².